The lowest BCUT2D eigenvalue weighted by Crippen LogP contribution is -2.15. The van der Waals surface area contributed by atoms with Crippen LogP contribution in [0.25, 0.3) is 11.4 Å². The Bertz CT molecular complexity index is 1100. The number of para-hydroxylation sites is 1. The van der Waals surface area contributed by atoms with E-state index in [1.165, 1.54) is 11.6 Å². The summed E-state index contributed by atoms with van der Waals surface area (Å²) in [5.41, 5.74) is 2.33. The highest BCUT2D eigenvalue weighted by atomic mass is 32.2. The van der Waals surface area contributed by atoms with Crippen LogP contribution in [0.5, 0.6) is 0 Å². The largest absolute Gasteiger partial charge is 0.339 e. The Morgan fingerprint density at radius 2 is 1.79 bits per heavy atom. The first kappa shape index (κ1) is 20.7. The van der Waals surface area contributed by atoms with Crippen molar-refractivity contribution in [2.45, 2.75) is 37.5 Å². The van der Waals surface area contributed by atoms with Crippen molar-refractivity contribution in [3.63, 3.8) is 0 Å². The highest BCUT2D eigenvalue weighted by molar-refractivity contribution is 7.90. The molecule has 8 heteroatoms. The Kier molecular flexibility index (Phi) is 6.12. The number of nitrogens with zero attached hydrogens (tertiary/aromatic N) is 2. The smallest absolute Gasteiger partial charge is 0.227 e. The number of rotatable bonds is 7. The van der Waals surface area contributed by atoms with Crippen LogP contribution in [-0.4, -0.2) is 30.7 Å². The topological polar surface area (TPSA) is 102 Å². The zero-order valence-electron chi connectivity index (χ0n) is 16.5. The monoisotopic (exact) mass is 413 g/mol. The maximum atomic E-state index is 12.2. The number of anilines is 1. The van der Waals surface area contributed by atoms with Crippen LogP contribution in [0.2, 0.25) is 0 Å². The van der Waals surface area contributed by atoms with Crippen molar-refractivity contribution in [1.82, 2.24) is 10.1 Å². The number of nitrogens with one attached hydrogen (secondary N) is 1. The van der Waals surface area contributed by atoms with E-state index < -0.39 is 9.84 Å². The zero-order chi connectivity index (χ0) is 21.0. The number of sulfone groups is 1. The van der Waals surface area contributed by atoms with Crippen molar-refractivity contribution in [3.8, 4) is 11.4 Å². The number of hydrogen-bond acceptors (Lipinski definition) is 6. The molecule has 152 valence electrons. The van der Waals surface area contributed by atoms with Gasteiger partial charge in [0.05, 0.1) is 10.6 Å². The molecule has 0 unspecified atom stereocenters. The molecule has 0 aliphatic heterocycles. The molecule has 1 N–H and O–H groups in total. The molecule has 0 atom stereocenters. The number of aromatic nitrogens is 2. The van der Waals surface area contributed by atoms with E-state index in [4.69, 9.17) is 4.52 Å². The third kappa shape index (κ3) is 5.29. The lowest BCUT2D eigenvalue weighted by molar-refractivity contribution is -0.116. The van der Waals surface area contributed by atoms with E-state index >= 15 is 0 Å². The predicted octanol–water partition coefficient (Wildman–Crippen LogP) is 3.83. The molecule has 29 heavy (non-hydrogen) atoms. The number of benzene rings is 2. The van der Waals surface area contributed by atoms with Crippen LogP contribution < -0.4 is 5.32 Å². The Balaban J connectivity index is 1.62. The fourth-order valence-electron chi connectivity index (χ4n) is 2.82. The van der Waals surface area contributed by atoms with Gasteiger partial charge in [0, 0.05) is 24.7 Å². The van der Waals surface area contributed by atoms with Gasteiger partial charge in [0.25, 0.3) is 0 Å². The van der Waals surface area contributed by atoms with Gasteiger partial charge in [0.15, 0.2) is 9.84 Å². The molecule has 7 nitrogen and oxygen atoms in total. The van der Waals surface area contributed by atoms with Crippen molar-refractivity contribution >= 4 is 21.4 Å². The van der Waals surface area contributed by atoms with Crippen LogP contribution in [0.4, 0.5) is 5.69 Å². The SMILES string of the molecule is CC(C)c1ccc(-c2noc(CCC(=O)Nc3ccccc3S(C)(=O)=O)n2)cc1. The Hall–Kier alpha value is -3.00. The molecule has 0 aliphatic carbocycles. The predicted molar refractivity (Wildman–Crippen MR) is 110 cm³/mol. The van der Waals surface area contributed by atoms with Gasteiger partial charge in [-0.15, -0.1) is 0 Å². The van der Waals surface area contributed by atoms with Crippen LogP contribution in [0.15, 0.2) is 57.9 Å². The van der Waals surface area contributed by atoms with Crippen LogP contribution in [-0.2, 0) is 21.1 Å². The lowest BCUT2D eigenvalue weighted by atomic mass is 10.0. The Morgan fingerprint density at radius 3 is 2.45 bits per heavy atom. The van der Waals surface area contributed by atoms with Crippen LogP contribution in [0.3, 0.4) is 0 Å². The molecular weight excluding hydrogens is 390 g/mol. The fourth-order valence-corrected chi connectivity index (χ4v) is 3.66. The summed E-state index contributed by atoms with van der Waals surface area (Å²) in [6, 6.07) is 14.2. The van der Waals surface area contributed by atoms with Gasteiger partial charge >= 0.3 is 0 Å². The van der Waals surface area contributed by atoms with E-state index in [-0.39, 0.29) is 29.3 Å². The maximum absolute atomic E-state index is 12.2. The van der Waals surface area contributed by atoms with Gasteiger partial charge in [-0.05, 0) is 23.6 Å². The van der Waals surface area contributed by atoms with Gasteiger partial charge in [-0.25, -0.2) is 8.42 Å². The second kappa shape index (κ2) is 8.57. The summed E-state index contributed by atoms with van der Waals surface area (Å²) in [6.45, 7) is 4.25. The standard InChI is InChI=1S/C21H23N3O4S/c1-14(2)15-8-10-16(11-9-15)21-23-20(28-24-21)13-12-19(25)22-17-6-4-5-7-18(17)29(3,26)27/h4-11,14H,12-13H2,1-3H3,(H,22,25). The third-order valence-electron chi connectivity index (χ3n) is 4.43. The summed E-state index contributed by atoms with van der Waals surface area (Å²) in [4.78, 5) is 16.7. The minimum Gasteiger partial charge on any atom is -0.339 e. The first-order chi connectivity index (χ1) is 13.7. The molecule has 1 amide bonds. The minimum atomic E-state index is -3.44. The van der Waals surface area contributed by atoms with Crippen molar-refractivity contribution in [1.29, 1.82) is 0 Å². The molecule has 0 aliphatic rings. The molecule has 0 saturated carbocycles. The van der Waals surface area contributed by atoms with E-state index in [0.29, 0.717) is 17.6 Å². The Labute approximate surface area is 170 Å². The highest BCUT2D eigenvalue weighted by Crippen LogP contribution is 2.22. The summed E-state index contributed by atoms with van der Waals surface area (Å²) in [5, 5.41) is 6.61. The molecule has 0 bridgehead atoms. The quantitative estimate of drug-likeness (QED) is 0.631. The van der Waals surface area contributed by atoms with E-state index in [9.17, 15) is 13.2 Å². The molecule has 0 saturated heterocycles. The van der Waals surface area contributed by atoms with Crippen molar-refractivity contribution in [2.75, 3.05) is 11.6 Å². The molecule has 3 rings (SSSR count). The van der Waals surface area contributed by atoms with E-state index in [1.54, 1.807) is 18.2 Å². The number of carbonyl (C=O) groups excluding carboxylic acids is 1. The fraction of sp³-hybridized carbons (Fsp3) is 0.286. The molecule has 0 spiro atoms. The normalized spacial score (nSPS) is 11.6. The first-order valence-corrected chi connectivity index (χ1v) is 11.1. The highest BCUT2D eigenvalue weighted by Gasteiger charge is 2.16. The zero-order valence-corrected chi connectivity index (χ0v) is 17.4. The average molecular weight is 413 g/mol. The van der Waals surface area contributed by atoms with Gasteiger partial charge in [-0.1, -0.05) is 55.4 Å². The summed E-state index contributed by atoms with van der Waals surface area (Å²) >= 11 is 0. The average Bonchev–Trinajstić information content (AvgIpc) is 3.15. The molecule has 1 heterocycles. The lowest BCUT2D eigenvalue weighted by Gasteiger charge is -2.09. The molecule has 3 aromatic rings. The second-order valence-corrected chi connectivity index (χ2v) is 9.09. The van der Waals surface area contributed by atoms with E-state index in [1.807, 2.05) is 24.3 Å². The van der Waals surface area contributed by atoms with Crippen molar-refractivity contribution in [2.24, 2.45) is 0 Å². The molecule has 0 radical (unpaired) electrons. The number of aryl methyl sites for hydroxylation is 1. The third-order valence-corrected chi connectivity index (χ3v) is 5.59. The minimum absolute atomic E-state index is 0.0817. The Morgan fingerprint density at radius 1 is 1.10 bits per heavy atom. The van der Waals surface area contributed by atoms with Gasteiger partial charge in [0.1, 0.15) is 0 Å². The molecular formula is C21H23N3O4S. The van der Waals surface area contributed by atoms with Crippen molar-refractivity contribution in [3.05, 3.63) is 60.0 Å². The number of amides is 1. The van der Waals surface area contributed by atoms with Crippen molar-refractivity contribution < 1.29 is 17.7 Å². The molecule has 1 aromatic heterocycles. The summed E-state index contributed by atoms with van der Waals surface area (Å²) < 4.78 is 28.9. The van der Waals surface area contributed by atoms with Gasteiger partial charge in [-0.2, -0.15) is 4.98 Å². The molecule has 2 aromatic carbocycles. The maximum Gasteiger partial charge on any atom is 0.227 e. The number of carbonyl (C=O) groups is 1. The second-order valence-electron chi connectivity index (χ2n) is 7.10. The van der Waals surface area contributed by atoms with Crippen LogP contribution in [0.1, 0.15) is 37.6 Å². The van der Waals surface area contributed by atoms with Gasteiger partial charge < -0.3 is 9.84 Å². The summed E-state index contributed by atoms with van der Waals surface area (Å²) in [7, 11) is -3.44. The molecule has 0 fully saturated rings. The van der Waals surface area contributed by atoms with Gasteiger partial charge in [0.2, 0.25) is 17.6 Å². The number of hydrogen-bond donors (Lipinski definition) is 1. The van der Waals surface area contributed by atoms with Crippen LogP contribution >= 0.6 is 0 Å². The van der Waals surface area contributed by atoms with E-state index in [2.05, 4.69) is 29.3 Å². The van der Waals surface area contributed by atoms with E-state index in [0.717, 1.165) is 11.8 Å². The first-order valence-electron chi connectivity index (χ1n) is 9.26. The summed E-state index contributed by atoms with van der Waals surface area (Å²) in [6.07, 6.45) is 1.45. The van der Waals surface area contributed by atoms with Gasteiger partial charge in [-0.3, -0.25) is 4.79 Å². The summed E-state index contributed by atoms with van der Waals surface area (Å²) in [5.74, 6) is 0.927. The van der Waals surface area contributed by atoms with Crippen LogP contribution in [0, 0.1) is 0 Å².